The molecule has 230 valence electrons. The number of sulfonamides is 1. The molecular formula is C29H33FN4O8S. The first-order valence-electron chi connectivity index (χ1n) is 13.7. The number of benzene rings is 1. The molecule has 1 heterocycles. The number of carboxylic acid groups (broad SMARTS) is 1. The highest BCUT2D eigenvalue weighted by Gasteiger charge is 2.37. The van der Waals surface area contributed by atoms with Gasteiger partial charge in [-0.3, -0.25) is 23.5 Å². The van der Waals surface area contributed by atoms with Gasteiger partial charge < -0.3 is 25.5 Å². The van der Waals surface area contributed by atoms with E-state index in [0.29, 0.717) is 35.3 Å². The fraction of sp³-hybridized carbons (Fsp3) is 0.379. The van der Waals surface area contributed by atoms with Crippen molar-refractivity contribution in [2.24, 2.45) is 0 Å². The third kappa shape index (κ3) is 7.89. The average Bonchev–Trinajstić information content (AvgIpc) is 3.73. The number of halogens is 1. The van der Waals surface area contributed by atoms with Crippen LogP contribution in [0.1, 0.15) is 53.9 Å². The Balaban J connectivity index is 1.61. The molecule has 1 aliphatic heterocycles. The fourth-order valence-electron chi connectivity index (χ4n) is 4.72. The van der Waals surface area contributed by atoms with Crippen LogP contribution in [0.4, 0.5) is 10.1 Å². The number of rotatable bonds is 14. The minimum Gasteiger partial charge on any atom is -0.481 e. The summed E-state index contributed by atoms with van der Waals surface area (Å²) in [6, 6.07) is 8.54. The van der Waals surface area contributed by atoms with Crippen LogP contribution in [-0.2, 0) is 24.4 Å². The van der Waals surface area contributed by atoms with Crippen molar-refractivity contribution in [3.05, 3.63) is 53.3 Å². The largest absolute Gasteiger partial charge is 0.481 e. The Morgan fingerprint density at radius 1 is 1.05 bits per heavy atom. The Bertz CT molecular complexity index is 1600. The van der Waals surface area contributed by atoms with Gasteiger partial charge in [-0.15, -0.1) is 0 Å². The number of carbonyl (C=O) groups excluding carboxylic acids is 3. The first-order chi connectivity index (χ1) is 20.4. The fourth-order valence-corrected chi connectivity index (χ4v) is 5.58. The predicted molar refractivity (Wildman–Crippen MR) is 156 cm³/mol. The summed E-state index contributed by atoms with van der Waals surface area (Å²) in [7, 11) is -2.53. The molecule has 3 aliphatic rings. The molecule has 0 atom stereocenters. The zero-order chi connectivity index (χ0) is 31.3. The maximum atomic E-state index is 13.6. The molecule has 14 heteroatoms. The number of hydrogen-bond donors (Lipinski definition) is 4. The molecule has 2 aliphatic carbocycles. The number of carboxylic acids is 1. The molecular weight excluding hydrogens is 583 g/mol. The number of hydrogen-bond acceptors (Lipinski definition) is 7. The molecule has 0 saturated heterocycles. The third-order valence-corrected chi connectivity index (χ3v) is 8.08. The molecule has 0 unspecified atom stereocenters. The summed E-state index contributed by atoms with van der Waals surface area (Å²) in [5, 5.41) is 16.2. The number of anilines is 1. The molecule has 3 amide bonds. The molecule has 4 N–H and O–H groups in total. The van der Waals surface area contributed by atoms with Crippen molar-refractivity contribution in [2.75, 3.05) is 37.2 Å². The van der Waals surface area contributed by atoms with Gasteiger partial charge in [-0.05, 0) is 67.5 Å². The van der Waals surface area contributed by atoms with Crippen molar-refractivity contribution >= 4 is 39.4 Å². The molecule has 0 radical (unpaired) electrons. The Morgan fingerprint density at radius 2 is 1.74 bits per heavy atom. The summed E-state index contributed by atoms with van der Waals surface area (Å²) in [6.07, 6.45) is 3.36. The van der Waals surface area contributed by atoms with E-state index in [1.165, 1.54) is 37.4 Å². The van der Waals surface area contributed by atoms with Crippen LogP contribution < -0.4 is 20.3 Å². The quantitative estimate of drug-likeness (QED) is 0.200. The van der Waals surface area contributed by atoms with Crippen LogP contribution in [0.25, 0.3) is 22.6 Å². The number of fused-ring (bicyclic) bond motifs is 1. The maximum absolute atomic E-state index is 13.6. The highest BCUT2D eigenvalue weighted by molar-refractivity contribution is 7.92. The van der Waals surface area contributed by atoms with E-state index in [-0.39, 0.29) is 42.4 Å². The molecule has 12 nitrogen and oxygen atoms in total. The van der Waals surface area contributed by atoms with Gasteiger partial charge in [-0.1, -0.05) is 0 Å². The Labute approximate surface area is 248 Å². The SMILES string of the molecule is CNC(=O)c1cc2c(C3CC3)c(N(CC(=O)NCC(=O)NCCCCC(=O)O)S(C)(=O)=O)cc-2oc1-c1ccc(F)cc1. The van der Waals surface area contributed by atoms with Gasteiger partial charge >= 0.3 is 5.97 Å². The summed E-state index contributed by atoms with van der Waals surface area (Å²) in [6.45, 7) is -0.753. The molecule has 0 aromatic heterocycles. The van der Waals surface area contributed by atoms with Crippen LogP contribution >= 0.6 is 0 Å². The van der Waals surface area contributed by atoms with E-state index in [1.54, 1.807) is 6.07 Å². The topological polar surface area (TPSA) is 175 Å². The van der Waals surface area contributed by atoms with Gasteiger partial charge in [0.1, 0.15) is 23.9 Å². The zero-order valence-electron chi connectivity index (χ0n) is 23.7. The lowest BCUT2D eigenvalue weighted by Gasteiger charge is -2.22. The molecule has 43 heavy (non-hydrogen) atoms. The van der Waals surface area contributed by atoms with Crippen LogP contribution in [-0.4, -0.2) is 70.2 Å². The van der Waals surface area contributed by atoms with Gasteiger partial charge in [0.25, 0.3) is 5.91 Å². The summed E-state index contributed by atoms with van der Waals surface area (Å²) in [5.41, 5.74) is 2.02. The number of aliphatic carboxylic acids is 1. The van der Waals surface area contributed by atoms with Gasteiger partial charge in [0.05, 0.1) is 24.1 Å². The highest BCUT2D eigenvalue weighted by Crippen LogP contribution is 2.53. The van der Waals surface area contributed by atoms with Crippen molar-refractivity contribution in [3.63, 3.8) is 0 Å². The Morgan fingerprint density at radius 3 is 2.35 bits per heavy atom. The number of nitrogens with zero attached hydrogens (tertiary/aromatic N) is 1. The minimum atomic E-state index is -3.99. The molecule has 1 saturated carbocycles. The Hall–Kier alpha value is -4.46. The molecule has 4 rings (SSSR count). The van der Waals surface area contributed by atoms with Crippen molar-refractivity contribution in [2.45, 2.75) is 38.0 Å². The van der Waals surface area contributed by atoms with Gasteiger partial charge in [0.15, 0.2) is 0 Å². The van der Waals surface area contributed by atoms with Gasteiger partial charge in [0, 0.05) is 37.2 Å². The van der Waals surface area contributed by atoms with Gasteiger partial charge in [-0.25, -0.2) is 12.8 Å². The normalized spacial score (nSPS) is 13.0. The average molecular weight is 617 g/mol. The molecule has 0 spiro atoms. The summed E-state index contributed by atoms with van der Waals surface area (Å²) in [4.78, 5) is 48.3. The smallest absolute Gasteiger partial charge is 0.303 e. The lowest BCUT2D eigenvalue weighted by atomic mass is 10.0. The van der Waals surface area contributed by atoms with E-state index in [2.05, 4.69) is 16.0 Å². The van der Waals surface area contributed by atoms with Crippen molar-refractivity contribution in [1.82, 2.24) is 16.0 Å². The minimum absolute atomic E-state index is 0.0124. The van der Waals surface area contributed by atoms with Gasteiger partial charge in [0.2, 0.25) is 21.8 Å². The first kappa shape index (κ1) is 31.5. The Kier molecular flexibility index (Phi) is 9.69. The number of unbranched alkanes of at least 4 members (excludes halogenated alkanes) is 1. The van der Waals surface area contributed by atoms with Crippen molar-refractivity contribution < 1.29 is 41.5 Å². The van der Waals surface area contributed by atoms with E-state index < -0.39 is 46.1 Å². The number of amides is 3. The first-order valence-corrected chi connectivity index (χ1v) is 15.5. The lowest BCUT2D eigenvalue weighted by Crippen LogP contribution is -2.44. The maximum Gasteiger partial charge on any atom is 0.303 e. The molecule has 1 aromatic rings. The third-order valence-electron chi connectivity index (χ3n) is 6.95. The number of carbonyl (C=O) groups is 4. The summed E-state index contributed by atoms with van der Waals surface area (Å²) < 4.78 is 46.6. The molecule has 0 bridgehead atoms. The van der Waals surface area contributed by atoms with E-state index in [1.807, 2.05) is 0 Å². The standard InChI is InChI=1S/C29H33FN4O8S/c1-31-29(39)21-13-20-23(42-28(21)18-8-10-19(30)11-9-18)14-22(27(20)17-6-7-17)34(43(2,40)41)16-25(36)33-15-24(35)32-12-4-3-5-26(37)38/h8-11,13-14,17H,3-7,12,15-16H2,1-2H3,(H,31,39)(H,32,35)(H,33,36)(H,37,38). The number of nitrogens with one attached hydrogen (secondary N) is 3. The van der Waals surface area contributed by atoms with Crippen molar-refractivity contribution in [3.8, 4) is 22.6 Å². The summed E-state index contributed by atoms with van der Waals surface area (Å²) in [5.74, 6) is -2.61. The predicted octanol–water partition coefficient (Wildman–Crippen LogP) is 2.68. The monoisotopic (exact) mass is 616 g/mol. The van der Waals surface area contributed by atoms with Crippen LogP contribution in [0.2, 0.25) is 0 Å². The second-order valence-corrected chi connectivity index (χ2v) is 12.2. The molecule has 1 aromatic carbocycles. The van der Waals surface area contributed by atoms with Crippen LogP contribution in [0, 0.1) is 5.82 Å². The lowest BCUT2D eigenvalue weighted by molar-refractivity contribution is -0.137. The zero-order valence-corrected chi connectivity index (χ0v) is 24.6. The second kappa shape index (κ2) is 13.2. The van der Waals surface area contributed by atoms with E-state index in [4.69, 9.17) is 9.52 Å². The van der Waals surface area contributed by atoms with Crippen LogP contribution in [0.3, 0.4) is 0 Å². The van der Waals surface area contributed by atoms with Crippen LogP contribution in [0.5, 0.6) is 0 Å². The van der Waals surface area contributed by atoms with Gasteiger partial charge in [-0.2, -0.15) is 0 Å². The van der Waals surface area contributed by atoms with E-state index >= 15 is 0 Å². The molecule has 1 fully saturated rings. The highest BCUT2D eigenvalue weighted by atomic mass is 32.2. The van der Waals surface area contributed by atoms with Crippen LogP contribution in [0.15, 0.2) is 40.8 Å². The van der Waals surface area contributed by atoms with E-state index in [0.717, 1.165) is 23.4 Å². The van der Waals surface area contributed by atoms with Crippen molar-refractivity contribution in [1.29, 1.82) is 0 Å². The second-order valence-electron chi connectivity index (χ2n) is 10.3. The summed E-state index contributed by atoms with van der Waals surface area (Å²) >= 11 is 0. The van der Waals surface area contributed by atoms with E-state index in [9.17, 15) is 32.0 Å².